The Bertz CT molecular complexity index is 270. The molecule has 0 aliphatic heterocycles. The van der Waals surface area contributed by atoms with Crippen molar-refractivity contribution in [2.24, 2.45) is 0 Å². The normalized spacial score (nSPS) is 10.2. The Morgan fingerprint density at radius 2 is 2.36 bits per heavy atom. The van der Waals surface area contributed by atoms with E-state index in [1.165, 1.54) is 0 Å². The van der Waals surface area contributed by atoms with Crippen molar-refractivity contribution in [3.8, 4) is 0 Å². The number of tetrazole rings is 1. The molecule has 0 saturated carbocycles. The van der Waals surface area contributed by atoms with E-state index in [4.69, 9.17) is 0 Å². The second kappa shape index (κ2) is 5.15. The molecule has 0 unspecified atom stereocenters. The van der Waals surface area contributed by atoms with Crippen LogP contribution in [0.1, 0.15) is 19.7 Å². The fraction of sp³-hybridized carbons (Fsp3) is 0.714. The van der Waals surface area contributed by atoms with Gasteiger partial charge in [-0.05, 0) is 13.8 Å². The lowest BCUT2D eigenvalue weighted by molar-refractivity contribution is 0.238. The van der Waals surface area contributed by atoms with Crippen molar-refractivity contribution in [3.05, 3.63) is 5.82 Å². The fourth-order valence-corrected chi connectivity index (χ4v) is 0.889. The predicted molar refractivity (Wildman–Crippen MR) is 49.6 cm³/mol. The second-order valence-electron chi connectivity index (χ2n) is 3.13. The number of amides is 2. The Hall–Kier alpha value is -1.66. The molecular weight excluding hydrogens is 184 g/mol. The smallest absolute Gasteiger partial charge is 0.314 e. The number of H-pyrrole nitrogens is 1. The van der Waals surface area contributed by atoms with Gasteiger partial charge in [0, 0.05) is 19.0 Å². The average molecular weight is 198 g/mol. The number of hydrogen-bond donors (Lipinski definition) is 3. The Balaban J connectivity index is 2.12. The van der Waals surface area contributed by atoms with Crippen LogP contribution in [-0.4, -0.2) is 39.2 Å². The number of nitrogens with zero attached hydrogens (tertiary/aromatic N) is 3. The van der Waals surface area contributed by atoms with Crippen molar-refractivity contribution in [2.45, 2.75) is 26.3 Å². The highest BCUT2D eigenvalue weighted by Gasteiger charge is 2.02. The minimum Gasteiger partial charge on any atom is -0.338 e. The van der Waals surface area contributed by atoms with Crippen molar-refractivity contribution in [1.82, 2.24) is 31.3 Å². The molecule has 7 nitrogen and oxygen atoms in total. The monoisotopic (exact) mass is 198 g/mol. The van der Waals surface area contributed by atoms with E-state index in [0.29, 0.717) is 18.8 Å². The maximum atomic E-state index is 11.1. The number of aromatic amines is 1. The predicted octanol–water partition coefficient (Wildman–Crippen LogP) is -0.550. The molecule has 3 N–H and O–H groups in total. The molecule has 0 radical (unpaired) electrons. The van der Waals surface area contributed by atoms with Gasteiger partial charge in [-0.25, -0.2) is 4.79 Å². The Kier molecular flexibility index (Phi) is 3.84. The van der Waals surface area contributed by atoms with Gasteiger partial charge in [0.25, 0.3) is 0 Å². The minimum atomic E-state index is -0.177. The molecule has 0 aromatic carbocycles. The first-order valence-electron chi connectivity index (χ1n) is 4.45. The number of urea groups is 1. The van der Waals surface area contributed by atoms with Crippen LogP contribution in [-0.2, 0) is 6.42 Å². The van der Waals surface area contributed by atoms with Crippen LogP contribution < -0.4 is 10.6 Å². The number of aromatic nitrogens is 4. The van der Waals surface area contributed by atoms with E-state index < -0.39 is 0 Å². The number of carbonyl (C=O) groups excluding carboxylic acids is 1. The van der Waals surface area contributed by atoms with Gasteiger partial charge in [0.1, 0.15) is 0 Å². The van der Waals surface area contributed by atoms with Crippen molar-refractivity contribution < 1.29 is 4.79 Å². The molecule has 7 heteroatoms. The van der Waals surface area contributed by atoms with Crippen molar-refractivity contribution in [1.29, 1.82) is 0 Å². The molecule has 1 aromatic rings. The Labute approximate surface area is 81.7 Å². The highest BCUT2D eigenvalue weighted by Crippen LogP contribution is 1.83. The molecule has 0 bridgehead atoms. The Morgan fingerprint density at radius 3 is 2.93 bits per heavy atom. The molecule has 2 amide bonds. The number of nitrogens with one attached hydrogen (secondary N) is 3. The third-order valence-corrected chi connectivity index (χ3v) is 1.44. The lowest BCUT2D eigenvalue weighted by atomic mass is 10.4. The first kappa shape index (κ1) is 10.4. The topological polar surface area (TPSA) is 95.6 Å². The van der Waals surface area contributed by atoms with E-state index in [-0.39, 0.29) is 12.1 Å². The molecule has 0 fully saturated rings. The average Bonchev–Trinajstić information content (AvgIpc) is 2.55. The van der Waals surface area contributed by atoms with Gasteiger partial charge in [0.2, 0.25) is 0 Å². The Morgan fingerprint density at radius 1 is 1.57 bits per heavy atom. The van der Waals surface area contributed by atoms with Crippen LogP contribution in [0.3, 0.4) is 0 Å². The van der Waals surface area contributed by atoms with E-state index in [2.05, 4.69) is 31.3 Å². The number of rotatable bonds is 4. The van der Waals surface area contributed by atoms with E-state index >= 15 is 0 Å². The lowest BCUT2D eigenvalue weighted by Crippen LogP contribution is -2.40. The number of hydrogen-bond acceptors (Lipinski definition) is 4. The van der Waals surface area contributed by atoms with Crippen LogP contribution >= 0.6 is 0 Å². The molecule has 0 aliphatic rings. The van der Waals surface area contributed by atoms with Crippen LogP contribution in [0.5, 0.6) is 0 Å². The van der Waals surface area contributed by atoms with Gasteiger partial charge in [-0.1, -0.05) is 5.21 Å². The first-order valence-corrected chi connectivity index (χ1v) is 4.45. The van der Waals surface area contributed by atoms with E-state index in [1.807, 2.05) is 13.8 Å². The molecule has 78 valence electrons. The van der Waals surface area contributed by atoms with Gasteiger partial charge in [-0.15, -0.1) is 10.2 Å². The van der Waals surface area contributed by atoms with Gasteiger partial charge >= 0.3 is 6.03 Å². The van der Waals surface area contributed by atoms with Gasteiger partial charge in [-0.3, -0.25) is 0 Å². The highest BCUT2D eigenvalue weighted by atomic mass is 16.2. The zero-order chi connectivity index (χ0) is 10.4. The summed E-state index contributed by atoms with van der Waals surface area (Å²) in [6, 6.07) is -0.0383. The maximum absolute atomic E-state index is 11.1. The third-order valence-electron chi connectivity index (χ3n) is 1.44. The van der Waals surface area contributed by atoms with Crippen LogP contribution in [0.25, 0.3) is 0 Å². The van der Waals surface area contributed by atoms with Crippen molar-refractivity contribution >= 4 is 6.03 Å². The maximum Gasteiger partial charge on any atom is 0.314 e. The SMILES string of the molecule is CC(C)NC(=O)NCCc1nn[nH]n1. The zero-order valence-corrected chi connectivity index (χ0v) is 8.24. The summed E-state index contributed by atoms with van der Waals surface area (Å²) >= 11 is 0. The summed E-state index contributed by atoms with van der Waals surface area (Å²) in [5.74, 6) is 0.592. The summed E-state index contributed by atoms with van der Waals surface area (Å²) in [6.45, 7) is 4.30. The zero-order valence-electron chi connectivity index (χ0n) is 8.24. The fourth-order valence-electron chi connectivity index (χ4n) is 0.889. The largest absolute Gasteiger partial charge is 0.338 e. The van der Waals surface area contributed by atoms with Gasteiger partial charge in [0.15, 0.2) is 5.82 Å². The summed E-state index contributed by atoms with van der Waals surface area (Å²) < 4.78 is 0. The van der Waals surface area contributed by atoms with Crippen molar-refractivity contribution in [2.75, 3.05) is 6.54 Å². The quantitative estimate of drug-likeness (QED) is 0.604. The van der Waals surface area contributed by atoms with E-state index in [1.54, 1.807) is 0 Å². The molecule has 0 spiro atoms. The number of carbonyl (C=O) groups is 1. The summed E-state index contributed by atoms with van der Waals surface area (Å²) in [5.41, 5.74) is 0. The molecule has 0 saturated heterocycles. The highest BCUT2D eigenvalue weighted by molar-refractivity contribution is 5.74. The summed E-state index contributed by atoms with van der Waals surface area (Å²) in [5, 5.41) is 18.6. The molecule has 1 rings (SSSR count). The van der Waals surface area contributed by atoms with Gasteiger partial charge in [0.05, 0.1) is 0 Å². The summed E-state index contributed by atoms with van der Waals surface area (Å²) in [7, 11) is 0. The van der Waals surface area contributed by atoms with E-state index in [0.717, 1.165) is 0 Å². The molecule has 1 heterocycles. The minimum absolute atomic E-state index is 0.139. The van der Waals surface area contributed by atoms with Crippen LogP contribution in [0.15, 0.2) is 0 Å². The molecule has 0 aliphatic carbocycles. The summed E-state index contributed by atoms with van der Waals surface area (Å²) in [4.78, 5) is 11.1. The van der Waals surface area contributed by atoms with Crippen LogP contribution in [0.4, 0.5) is 4.79 Å². The van der Waals surface area contributed by atoms with Gasteiger partial charge in [-0.2, -0.15) is 5.21 Å². The van der Waals surface area contributed by atoms with Crippen LogP contribution in [0, 0.1) is 0 Å². The van der Waals surface area contributed by atoms with Crippen LogP contribution in [0.2, 0.25) is 0 Å². The molecule has 1 aromatic heterocycles. The second-order valence-corrected chi connectivity index (χ2v) is 3.13. The lowest BCUT2D eigenvalue weighted by Gasteiger charge is -2.08. The van der Waals surface area contributed by atoms with Gasteiger partial charge < -0.3 is 10.6 Å². The van der Waals surface area contributed by atoms with Crippen molar-refractivity contribution in [3.63, 3.8) is 0 Å². The first-order chi connectivity index (χ1) is 6.68. The van der Waals surface area contributed by atoms with E-state index in [9.17, 15) is 4.79 Å². The molecular formula is C7H14N6O. The third kappa shape index (κ3) is 3.83. The molecule has 0 atom stereocenters. The standard InChI is InChI=1S/C7H14N6O/c1-5(2)9-7(14)8-4-3-6-10-12-13-11-6/h5H,3-4H2,1-2H3,(H2,8,9,14)(H,10,11,12,13). The molecule has 14 heavy (non-hydrogen) atoms. The summed E-state index contributed by atoms with van der Waals surface area (Å²) in [6.07, 6.45) is 0.571.